The second-order valence-electron chi connectivity index (χ2n) is 9.13. The molecule has 2 amide bonds. The largest absolute Gasteiger partial charge is 0.344 e. The van der Waals surface area contributed by atoms with Crippen LogP contribution in [0.2, 0.25) is 5.02 Å². The number of halogens is 1. The Morgan fingerprint density at radius 2 is 1.69 bits per heavy atom. The maximum atomic E-state index is 13.5. The zero-order valence-corrected chi connectivity index (χ0v) is 20.6. The fourth-order valence-electron chi connectivity index (χ4n) is 5.19. The smallest absolute Gasteiger partial charge is 0.250 e. The predicted molar refractivity (Wildman–Crippen MR) is 141 cm³/mol. The number of rotatable bonds is 7. The number of fused-ring (bicyclic) bond motifs is 1. The van der Waals surface area contributed by atoms with E-state index in [4.69, 9.17) is 11.6 Å². The van der Waals surface area contributed by atoms with E-state index in [9.17, 15) is 9.59 Å². The molecule has 1 aromatic heterocycles. The van der Waals surface area contributed by atoms with Crippen LogP contribution in [0.4, 0.5) is 5.69 Å². The zero-order chi connectivity index (χ0) is 24.6. The Morgan fingerprint density at radius 1 is 1.00 bits per heavy atom. The van der Waals surface area contributed by atoms with Gasteiger partial charge in [-0.25, -0.2) is 0 Å². The summed E-state index contributed by atoms with van der Waals surface area (Å²) >= 11 is 6.51. The van der Waals surface area contributed by atoms with Gasteiger partial charge in [-0.3, -0.25) is 9.59 Å². The van der Waals surface area contributed by atoms with Gasteiger partial charge in [0.05, 0.1) is 17.0 Å². The lowest BCUT2D eigenvalue weighted by Gasteiger charge is -2.20. The zero-order valence-electron chi connectivity index (χ0n) is 19.8. The highest BCUT2D eigenvalue weighted by molar-refractivity contribution is 6.35. The molecule has 2 unspecified atom stereocenters. The van der Waals surface area contributed by atoms with Crippen molar-refractivity contribution >= 4 is 40.0 Å². The molecule has 4 aromatic rings. The molecule has 3 aromatic carbocycles. The summed E-state index contributed by atoms with van der Waals surface area (Å²) in [6.45, 7) is 4.84. The van der Waals surface area contributed by atoms with Crippen LogP contribution < -0.4 is 10.6 Å². The summed E-state index contributed by atoms with van der Waals surface area (Å²) in [6.07, 6.45) is 0.737. The highest BCUT2D eigenvalue weighted by atomic mass is 35.5. The van der Waals surface area contributed by atoms with Crippen LogP contribution in [-0.4, -0.2) is 21.9 Å². The normalized spacial score (nSPS) is 18.9. The van der Waals surface area contributed by atoms with Crippen molar-refractivity contribution in [2.24, 2.45) is 0 Å². The first kappa shape index (κ1) is 23.2. The summed E-state index contributed by atoms with van der Waals surface area (Å²) in [5.74, 6) is -0.449. The third-order valence-corrected chi connectivity index (χ3v) is 7.34. The molecule has 1 aliphatic rings. The SMILES string of the molecule is CCn1c(C)c(CC(=O)NC2(C(=O)Nc3ccccc3)CC2c2ccccc2)c2cccc(Cl)c21. The average molecular weight is 486 g/mol. The molecule has 1 heterocycles. The summed E-state index contributed by atoms with van der Waals surface area (Å²) in [4.78, 5) is 26.9. The third kappa shape index (κ3) is 4.21. The maximum absolute atomic E-state index is 13.5. The first-order valence-electron chi connectivity index (χ1n) is 11.9. The number of anilines is 1. The number of hydrogen-bond acceptors (Lipinski definition) is 2. The Kier molecular flexibility index (Phi) is 6.12. The van der Waals surface area contributed by atoms with Gasteiger partial charge in [0.1, 0.15) is 5.54 Å². The van der Waals surface area contributed by atoms with Crippen molar-refractivity contribution in [3.63, 3.8) is 0 Å². The molecule has 0 saturated heterocycles. The van der Waals surface area contributed by atoms with E-state index in [1.165, 1.54) is 0 Å². The highest BCUT2D eigenvalue weighted by Crippen LogP contribution is 2.52. The number of nitrogens with zero attached hydrogens (tertiary/aromatic N) is 1. The minimum Gasteiger partial charge on any atom is -0.344 e. The molecule has 6 heteroatoms. The molecule has 5 rings (SSSR count). The minimum atomic E-state index is -0.983. The second-order valence-corrected chi connectivity index (χ2v) is 9.54. The Morgan fingerprint density at radius 3 is 2.37 bits per heavy atom. The standard InChI is InChI=1S/C29H28ClN3O2/c1-3-33-19(2)23(22-15-10-16-25(30)27(22)33)17-26(34)32-29(18-24(29)20-11-6-4-7-12-20)28(35)31-21-13-8-5-9-14-21/h4-16,24H,3,17-18H2,1-2H3,(H,31,35)(H,32,34). The maximum Gasteiger partial charge on any atom is 0.250 e. The fraction of sp³-hybridized carbons (Fsp3) is 0.241. The van der Waals surface area contributed by atoms with E-state index in [1.807, 2.05) is 85.8 Å². The number of hydrogen-bond donors (Lipinski definition) is 2. The molecule has 35 heavy (non-hydrogen) atoms. The lowest BCUT2D eigenvalue weighted by Crippen LogP contribution is -2.48. The van der Waals surface area contributed by atoms with E-state index in [-0.39, 0.29) is 24.2 Å². The van der Waals surface area contributed by atoms with E-state index in [1.54, 1.807) is 0 Å². The van der Waals surface area contributed by atoms with Crippen LogP contribution in [0.3, 0.4) is 0 Å². The van der Waals surface area contributed by atoms with Gasteiger partial charge in [0, 0.05) is 29.2 Å². The summed E-state index contributed by atoms with van der Waals surface area (Å²) < 4.78 is 2.14. The van der Waals surface area contributed by atoms with E-state index in [0.29, 0.717) is 17.1 Å². The van der Waals surface area contributed by atoms with Crippen molar-refractivity contribution in [1.82, 2.24) is 9.88 Å². The van der Waals surface area contributed by atoms with E-state index in [2.05, 4.69) is 22.1 Å². The molecule has 5 nitrogen and oxygen atoms in total. The molecule has 1 fully saturated rings. The van der Waals surface area contributed by atoms with Crippen molar-refractivity contribution in [3.05, 3.63) is 101 Å². The molecule has 0 bridgehead atoms. The molecule has 2 N–H and O–H groups in total. The van der Waals surface area contributed by atoms with E-state index in [0.717, 1.165) is 34.3 Å². The third-order valence-electron chi connectivity index (χ3n) is 7.04. The van der Waals surface area contributed by atoms with Gasteiger partial charge in [0.25, 0.3) is 5.91 Å². The average Bonchev–Trinajstić information content (AvgIpc) is 3.53. The van der Waals surface area contributed by atoms with Crippen LogP contribution in [0.15, 0.2) is 78.9 Å². The Bertz CT molecular complexity index is 1400. The quantitative estimate of drug-likeness (QED) is 0.345. The second kappa shape index (κ2) is 9.23. The van der Waals surface area contributed by atoms with Gasteiger partial charge in [-0.15, -0.1) is 0 Å². The van der Waals surface area contributed by atoms with Gasteiger partial charge >= 0.3 is 0 Å². The number of para-hydroxylation sites is 2. The van der Waals surface area contributed by atoms with Crippen molar-refractivity contribution in [1.29, 1.82) is 0 Å². The van der Waals surface area contributed by atoms with Crippen molar-refractivity contribution in [3.8, 4) is 0 Å². The van der Waals surface area contributed by atoms with Crippen molar-refractivity contribution in [2.75, 3.05) is 5.32 Å². The summed E-state index contributed by atoms with van der Waals surface area (Å²) in [6, 6.07) is 25.0. The molecule has 1 aliphatic carbocycles. The van der Waals surface area contributed by atoms with Gasteiger partial charge in [0.2, 0.25) is 5.91 Å². The Hall–Kier alpha value is -3.57. The van der Waals surface area contributed by atoms with Crippen LogP contribution in [0.25, 0.3) is 10.9 Å². The van der Waals surface area contributed by atoms with Crippen LogP contribution in [0, 0.1) is 6.92 Å². The number of carbonyl (C=O) groups is 2. The van der Waals surface area contributed by atoms with Crippen molar-refractivity contribution in [2.45, 2.75) is 44.7 Å². The van der Waals surface area contributed by atoms with Gasteiger partial charge in [-0.05, 0) is 49.6 Å². The van der Waals surface area contributed by atoms with Crippen molar-refractivity contribution < 1.29 is 9.59 Å². The highest BCUT2D eigenvalue weighted by Gasteiger charge is 2.61. The number of carbonyl (C=O) groups excluding carboxylic acids is 2. The van der Waals surface area contributed by atoms with Crippen LogP contribution >= 0.6 is 11.6 Å². The number of amides is 2. The van der Waals surface area contributed by atoms with Gasteiger partial charge in [0.15, 0.2) is 0 Å². The number of aromatic nitrogens is 1. The molecular weight excluding hydrogens is 458 g/mol. The summed E-state index contributed by atoms with van der Waals surface area (Å²) in [5.41, 5.74) is 3.68. The van der Waals surface area contributed by atoms with Crippen LogP contribution in [0.5, 0.6) is 0 Å². The summed E-state index contributed by atoms with van der Waals surface area (Å²) in [5, 5.41) is 7.77. The molecular formula is C29H28ClN3O2. The Balaban J connectivity index is 1.44. The number of nitrogens with one attached hydrogen (secondary N) is 2. The first-order chi connectivity index (χ1) is 16.9. The van der Waals surface area contributed by atoms with E-state index < -0.39 is 5.54 Å². The number of aryl methyl sites for hydroxylation is 1. The number of benzene rings is 3. The van der Waals surface area contributed by atoms with Gasteiger partial charge in [-0.2, -0.15) is 0 Å². The monoisotopic (exact) mass is 485 g/mol. The minimum absolute atomic E-state index is 0.0797. The lowest BCUT2D eigenvalue weighted by molar-refractivity contribution is -0.127. The van der Waals surface area contributed by atoms with E-state index >= 15 is 0 Å². The topological polar surface area (TPSA) is 63.1 Å². The Labute approximate surface area is 210 Å². The lowest BCUT2D eigenvalue weighted by atomic mass is 10.0. The fourth-order valence-corrected chi connectivity index (χ4v) is 5.47. The molecule has 0 radical (unpaired) electrons. The summed E-state index contributed by atoms with van der Waals surface area (Å²) in [7, 11) is 0. The van der Waals surface area contributed by atoms with Crippen LogP contribution in [-0.2, 0) is 22.6 Å². The molecule has 1 saturated carbocycles. The first-order valence-corrected chi connectivity index (χ1v) is 12.3. The predicted octanol–water partition coefficient (Wildman–Crippen LogP) is 5.85. The van der Waals surface area contributed by atoms with Gasteiger partial charge < -0.3 is 15.2 Å². The molecule has 0 spiro atoms. The molecule has 0 aliphatic heterocycles. The molecule has 178 valence electrons. The molecule has 2 atom stereocenters. The van der Waals surface area contributed by atoms with Crippen LogP contribution in [0.1, 0.15) is 36.1 Å². The van der Waals surface area contributed by atoms with Gasteiger partial charge in [-0.1, -0.05) is 72.3 Å².